The Kier molecular flexibility index (Phi) is 4.57. The molecule has 0 radical (unpaired) electrons. The van der Waals surface area contributed by atoms with Gasteiger partial charge in [-0.25, -0.2) is 0 Å². The SMILES string of the molecule is CCOc1c(C)cc(NC(=O)C(C)(OC)C2CC2)cc1C. The Labute approximate surface area is 126 Å². The van der Waals surface area contributed by atoms with E-state index < -0.39 is 5.60 Å². The van der Waals surface area contributed by atoms with Crippen LogP contribution < -0.4 is 10.1 Å². The third kappa shape index (κ3) is 3.21. The molecule has 1 amide bonds. The van der Waals surface area contributed by atoms with Gasteiger partial charge in [0.25, 0.3) is 5.91 Å². The fraction of sp³-hybridized carbons (Fsp3) is 0.588. The number of carbonyl (C=O) groups is 1. The predicted molar refractivity (Wildman–Crippen MR) is 83.9 cm³/mol. The van der Waals surface area contributed by atoms with Crippen molar-refractivity contribution >= 4 is 11.6 Å². The Bertz CT molecular complexity index is 514. The maximum Gasteiger partial charge on any atom is 0.256 e. The van der Waals surface area contributed by atoms with Crippen LogP contribution >= 0.6 is 0 Å². The molecule has 1 aliphatic carbocycles. The van der Waals surface area contributed by atoms with Gasteiger partial charge in [0.05, 0.1) is 6.61 Å². The number of hydrogen-bond donors (Lipinski definition) is 1. The highest BCUT2D eigenvalue weighted by Gasteiger charge is 2.47. The van der Waals surface area contributed by atoms with Gasteiger partial charge in [-0.1, -0.05) is 0 Å². The molecule has 1 unspecified atom stereocenters. The highest BCUT2D eigenvalue weighted by molar-refractivity contribution is 5.97. The molecule has 116 valence electrons. The molecule has 1 aromatic rings. The average Bonchev–Trinajstić information content (AvgIpc) is 3.26. The van der Waals surface area contributed by atoms with Crippen LogP contribution in [0.2, 0.25) is 0 Å². The van der Waals surface area contributed by atoms with Crippen LogP contribution in [0, 0.1) is 19.8 Å². The maximum absolute atomic E-state index is 12.5. The molecular formula is C17H25NO3. The molecule has 0 bridgehead atoms. The Balaban J connectivity index is 2.18. The Morgan fingerprint density at radius 3 is 2.33 bits per heavy atom. The molecule has 2 rings (SSSR count). The lowest BCUT2D eigenvalue weighted by Gasteiger charge is -2.27. The minimum absolute atomic E-state index is 0.0736. The first-order valence-electron chi connectivity index (χ1n) is 7.53. The van der Waals surface area contributed by atoms with Gasteiger partial charge in [0.1, 0.15) is 11.4 Å². The summed E-state index contributed by atoms with van der Waals surface area (Å²) in [5.74, 6) is 1.15. The van der Waals surface area contributed by atoms with Crippen molar-refractivity contribution in [1.29, 1.82) is 0 Å². The summed E-state index contributed by atoms with van der Waals surface area (Å²) in [6.45, 7) is 8.45. The van der Waals surface area contributed by atoms with E-state index in [0.717, 1.165) is 35.4 Å². The van der Waals surface area contributed by atoms with Crippen LogP contribution in [0.25, 0.3) is 0 Å². The number of hydrogen-bond acceptors (Lipinski definition) is 3. The maximum atomic E-state index is 12.5. The summed E-state index contributed by atoms with van der Waals surface area (Å²) >= 11 is 0. The van der Waals surface area contributed by atoms with Crippen molar-refractivity contribution in [2.24, 2.45) is 5.92 Å². The van der Waals surface area contributed by atoms with E-state index in [4.69, 9.17) is 9.47 Å². The molecule has 0 saturated heterocycles. The Morgan fingerprint density at radius 1 is 1.33 bits per heavy atom. The molecular weight excluding hydrogens is 266 g/mol. The van der Waals surface area contributed by atoms with E-state index in [-0.39, 0.29) is 5.91 Å². The first kappa shape index (κ1) is 15.8. The van der Waals surface area contributed by atoms with Gasteiger partial charge in [-0.2, -0.15) is 0 Å². The first-order chi connectivity index (χ1) is 9.92. The molecule has 1 atom stereocenters. The number of anilines is 1. The van der Waals surface area contributed by atoms with Gasteiger partial charge < -0.3 is 14.8 Å². The number of aryl methyl sites for hydroxylation is 2. The van der Waals surface area contributed by atoms with Gasteiger partial charge in [-0.05, 0) is 69.7 Å². The zero-order valence-corrected chi connectivity index (χ0v) is 13.6. The summed E-state index contributed by atoms with van der Waals surface area (Å²) < 4.78 is 11.1. The third-order valence-corrected chi connectivity index (χ3v) is 4.24. The quantitative estimate of drug-likeness (QED) is 0.873. The topological polar surface area (TPSA) is 47.6 Å². The van der Waals surface area contributed by atoms with E-state index in [0.29, 0.717) is 12.5 Å². The number of amides is 1. The lowest BCUT2D eigenvalue weighted by molar-refractivity contribution is -0.138. The molecule has 0 aromatic heterocycles. The molecule has 4 heteroatoms. The molecule has 0 spiro atoms. The Morgan fingerprint density at radius 2 is 1.90 bits per heavy atom. The number of ether oxygens (including phenoxy) is 2. The lowest BCUT2D eigenvalue weighted by Crippen LogP contribution is -2.44. The van der Waals surface area contributed by atoms with Crippen LogP contribution in [0.3, 0.4) is 0 Å². The highest BCUT2D eigenvalue weighted by atomic mass is 16.5. The molecule has 1 fully saturated rings. The van der Waals surface area contributed by atoms with Crippen molar-refractivity contribution in [3.8, 4) is 5.75 Å². The fourth-order valence-corrected chi connectivity index (χ4v) is 2.73. The molecule has 0 aliphatic heterocycles. The minimum Gasteiger partial charge on any atom is -0.493 e. The van der Waals surface area contributed by atoms with Gasteiger partial charge in [0, 0.05) is 12.8 Å². The lowest BCUT2D eigenvalue weighted by atomic mass is 9.98. The van der Waals surface area contributed by atoms with Gasteiger partial charge in [0.2, 0.25) is 0 Å². The molecule has 1 N–H and O–H groups in total. The van der Waals surface area contributed by atoms with E-state index >= 15 is 0 Å². The van der Waals surface area contributed by atoms with Gasteiger partial charge >= 0.3 is 0 Å². The Hall–Kier alpha value is -1.55. The normalized spacial score (nSPS) is 17.2. The van der Waals surface area contributed by atoms with E-state index in [1.165, 1.54) is 0 Å². The second kappa shape index (κ2) is 6.06. The van der Waals surface area contributed by atoms with Crippen molar-refractivity contribution in [1.82, 2.24) is 0 Å². The smallest absolute Gasteiger partial charge is 0.256 e. The van der Waals surface area contributed by atoms with Gasteiger partial charge in [0.15, 0.2) is 0 Å². The van der Waals surface area contributed by atoms with Crippen molar-refractivity contribution in [3.05, 3.63) is 23.3 Å². The van der Waals surface area contributed by atoms with Crippen molar-refractivity contribution in [3.63, 3.8) is 0 Å². The molecule has 4 nitrogen and oxygen atoms in total. The van der Waals surface area contributed by atoms with Crippen LogP contribution in [0.4, 0.5) is 5.69 Å². The summed E-state index contributed by atoms with van der Waals surface area (Å²) in [5, 5.41) is 2.99. The van der Waals surface area contributed by atoms with Gasteiger partial charge in [-0.15, -0.1) is 0 Å². The first-order valence-corrected chi connectivity index (χ1v) is 7.53. The van der Waals surface area contributed by atoms with Gasteiger partial charge in [-0.3, -0.25) is 4.79 Å². The zero-order chi connectivity index (χ0) is 15.6. The van der Waals surface area contributed by atoms with E-state index in [9.17, 15) is 4.79 Å². The summed E-state index contributed by atoms with van der Waals surface area (Å²) in [5.41, 5.74) is 2.11. The van der Waals surface area contributed by atoms with Crippen molar-refractivity contribution in [2.45, 2.75) is 46.1 Å². The van der Waals surface area contributed by atoms with E-state index in [1.807, 2.05) is 39.8 Å². The second-order valence-corrected chi connectivity index (χ2v) is 5.91. The largest absolute Gasteiger partial charge is 0.493 e. The van der Waals surface area contributed by atoms with E-state index in [2.05, 4.69) is 5.32 Å². The summed E-state index contributed by atoms with van der Waals surface area (Å²) in [6, 6.07) is 3.89. The van der Waals surface area contributed by atoms with Crippen LogP contribution in [-0.4, -0.2) is 25.2 Å². The predicted octanol–water partition coefficient (Wildman–Crippen LogP) is 3.46. The fourth-order valence-electron chi connectivity index (χ4n) is 2.73. The standard InChI is InChI=1S/C17H25NO3/c1-6-21-15-11(2)9-14(10-12(15)3)18-16(19)17(4,20-5)13-7-8-13/h9-10,13H,6-8H2,1-5H3,(H,18,19). The van der Waals surface area contributed by atoms with Crippen LogP contribution in [-0.2, 0) is 9.53 Å². The number of benzene rings is 1. The number of carbonyl (C=O) groups excluding carboxylic acids is 1. The zero-order valence-electron chi connectivity index (χ0n) is 13.6. The van der Waals surface area contributed by atoms with Crippen LogP contribution in [0.5, 0.6) is 5.75 Å². The summed E-state index contributed by atoms with van der Waals surface area (Å²) in [4.78, 5) is 12.5. The molecule has 21 heavy (non-hydrogen) atoms. The van der Waals surface area contributed by atoms with Crippen LogP contribution in [0.15, 0.2) is 12.1 Å². The van der Waals surface area contributed by atoms with Crippen molar-refractivity contribution < 1.29 is 14.3 Å². The number of rotatable bonds is 6. The molecule has 0 heterocycles. The van der Waals surface area contributed by atoms with Crippen LogP contribution in [0.1, 0.15) is 37.8 Å². The van der Waals surface area contributed by atoms with Crippen molar-refractivity contribution in [2.75, 3.05) is 19.0 Å². The molecule has 1 aromatic carbocycles. The monoisotopic (exact) mass is 291 g/mol. The highest BCUT2D eigenvalue weighted by Crippen LogP contribution is 2.42. The van der Waals surface area contributed by atoms with E-state index in [1.54, 1.807) is 7.11 Å². The minimum atomic E-state index is -0.736. The number of nitrogens with one attached hydrogen (secondary N) is 1. The molecule has 1 aliphatic rings. The average molecular weight is 291 g/mol. The summed E-state index contributed by atoms with van der Waals surface area (Å²) in [6.07, 6.45) is 2.11. The summed E-state index contributed by atoms with van der Waals surface area (Å²) in [7, 11) is 1.60. The number of methoxy groups -OCH3 is 1. The third-order valence-electron chi connectivity index (χ3n) is 4.24. The second-order valence-electron chi connectivity index (χ2n) is 5.91. The molecule has 1 saturated carbocycles.